The van der Waals surface area contributed by atoms with E-state index in [-0.39, 0.29) is 11.9 Å². The van der Waals surface area contributed by atoms with Gasteiger partial charge in [-0.25, -0.2) is 0 Å². The molecule has 28 heavy (non-hydrogen) atoms. The van der Waals surface area contributed by atoms with Gasteiger partial charge in [0.2, 0.25) is 0 Å². The Morgan fingerprint density at radius 3 is 2.79 bits per heavy atom. The number of hydrogen-bond donors (Lipinski definition) is 1. The Hall–Kier alpha value is -1.76. The second kappa shape index (κ2) is 10.1. The molecule has 2 aromatic rings. The van der Waals surface area contributed by atoms with Crippen LogP contribution in [-0.2, 0) is 0 Å². The molecule has 1 aromatic heterocycles. The average molecular weight is 423 g/mol. The van der Waals surface area contributed by atoms with Crippen molar-refractivity contribution in [2.24, 2.45) is 0 Å². The molecule has 0 aliphatic carbocycles. The van der Waals surface area contributed by atoms with Crippen molar-refractivity contribution >= 4 is 28.8 Å². The lowest BCUT2D eigenvalue weighted by atomic mass is 10.1. The van der Waals surface area contributed by atoms with E-state index in [4.69, 9.17) is 21.1 Å². The fraction of sp³-hybridized carbons (Fsp3) is 0.476. The first-order valence-electron chi connectivity index (χ1n) is 9.70. The first-order chi connectivity index (χ1) is 13.6. The second-order valence-electron chi connectivity index (χ2n) is 6.82. The van der Waals surface area contributed by atoms with E-state index < -0.39 is 0 Å². The zero-order valence-corrected chi connectivity index (χ0v) is 17.9. The van der Waals surface area contributed by atoms with E-state index in [2.05, 4.69) is 27.7 Å². The lowest BCUT2D eigenvalue weighted by Gasteiger charge is -2.27. The van der Waals surface area contributed by atoms with E-state index in [9.17, 15) is 4.79 Å². The highest BCUT2D eigenvalue weighted by Gasteiger charge is 2.25. The number of amides is 1. The summed E-state index contributed by atoms with van der Waals surface area (Å²) in [7, 11) is 1.55. The minimum absolute atomic E-state index is 0.164. The largest absolute Gasteiger partial charge is 0.493 e. The van der Waals surface area contributed by atoms with Gasteiger partial charge in [-0.15, -0.1) is 11.3 Å². The Kier molecular flexibility index (Phi) is 7.59. The Morgan fingerprint density at radius 1 is 1.36 bits per heavy atom. The Labute approximate surface area is 175 Å². The number of hydrogen-bond acceptors (Lipinski definition) is 5. The Bertz CT molecular complexity index is 776. The molecule has 2 heterocycles. The number of methoxy groups -OCH3 is 1. The molecule has 5 nitrogen and oxygen atoms in total. The van der Waals surface area contributed by atoms with Crippen LogP contribution in [0.5, 0.6) is 11.5 Å². The molecule has 1 atom stereocenters. The molecule has 7 heteroatoms. The summed E-state index contributed by atoms with van der Waals surface area (Å²) in [4.78, 5) is 16.5. The summed E-state index contributed by atoms with van der Waals surface area (Å²) >= 11 is 8.08. The summed E-state index contributed by atoms with van der Waals surface area (Å²) in [5.74, 6) is 0.791. The third-order valence-electron chi connectivity index (χ3n) is 4.85. The number of carbonyl (C=O) groups is 1. The van der Waals surface area contributed by atoms with Crippen molar-refractivity contribution < 1.29 is 14.3 Å². The second-order valence-corrected chi connectivity index (χ2v) is 8.21. The number of carbonyl (C=O) groups excluding carboxylic acids is 1. The van der Waals surface area contributed by atoms with Crippen LogP contribution in [0.2, 0.25) is 5.02 Å². The highest BCUT2D eigenvalue weighted by molar-refractivity contribution is 7.10. The van der Waals surface area contributed by atoms with Crippen LogP contribution in [0.25, 0.3) is 0 Å². The maximum atomic E-state index is 12.8. The van der Waals surface area contributed by atoms with Gasteiger partial charge in [0, 0.05) is 17.0 Å². The molecule has 1 aliphatic heterocycles. The van der Waals surface area contributed by atoms with Crippen LogP contribution in [-0.4, -0.2) is 44.2 Å². The van der Waals surface area contributed by atoms with Crippen molar-refractivity contribution in [3.8, 4) is 11.5 Å². The third kappa shape index (κ3) is 4.99. The van der Waals surface area contributed by atoms with E-state index in [1.54, 1.807) is 30.6 Å². The molecule has 0 saturated carbocycles. The van der Waals surface area contributed by atoms with Gasteiger partial charge in [-0.3, -0.25) is 9.69 Å². The van der Waals surface area contributed by atoms with E-state index in [1.165, 1.54) is 17.7 Å². The fourth-order valence-electron chi connectivity index (χ4n) is 3.43. The van der Waals surface area contributed by atoms with Crippen molar-refractivity contribution in [1.82, 2.24) is 10.2 Å². The van der Waals surface area contributed by atoms with Crippen molar-refractivity contribution in [2.45, 2.75) is 32.2 Å². The van der Waals surface area contributed by atoms with Gasteiger partial charge >= 0.3 is 0 Å². The highest BCUT2D eigenvalue weighted by Crippen LogP contribution is 2.36. The molecular weight excluding hydrogens is 396 g/mol. The van der Waals surface area contributed by atoms with Crippen LogP contribution in [0.3, 0.4) is 0 Å². The predicted octanol–water partition coefficient (Wildman–Crippen LogP) is 4.77. The van der Waals surface area contributed by atoms with E-state index >= 15 is 0 Å². The molecule has 1 aromatic carbocycles. The molecule has 0 radical (unpaired) electrons. The van der Waals surface area contributed by atoms with Crippen molar-refractivity contribution in [1.29, 1.82) is 0 Å². The number of benzene rings is 1. The van der Waals surface area contributed by atoms with Gasteiger partial charge in [0.25, 0.3) is 5.91 Å². The SMILES string of the molecule is CCCOc1c(Cl)cc(C(=O)NCC(c2cccs2)N2CCCC2)cc1OC. The lowest BCUT2D eigenvalue weighted by molar-refractivity contribution is 0.0938. The average Bonchev–Trinajstić information content (AvgIpc) is 3.41. The van der Waals surface area contributed by atoms with Crippen molar-refractivity contribution in [3.63, 3.8) is 0 Å². The maximum absolute atomic E-state index is 12.8. The van der Waals surface area contributed by atoms with Gasteiger partial charge in [0.05, 0.1) is 24.8 Å². The first kappa shape index (κ1) is 21.0. The molecule has 152 valence electrons. The molecule has 1 unspecified atom stereocenters. The molecule has 3 rings (SSSR count). The van der Waals surface area contributed by atoms with Crippen molar-refractivity contribution in [2.75, 3.05) is 33.4 Å². The monoisotopic (exact) mass is 422 g/mol. The zero-order chi connectivity index (χ0) is 19.9. The molecule has 1 amide bonds. The van der Waals surface area contributed by atoms with Gasteiger partial charge in [-0.2, -0.15) is 0 Å². The van der Waals surface area contributed by atoms with Crippen LogP contribution in [0, 0.1) is 0 Å². The van der Waals surface area contributed by atoms with Gasteiger partial charge in [-0.05, 0) is 55.9 Å². The van der Waals surface area contributed by atoms with Gasteiger partial charge < -0.3 is 14.8 Å². The molecule has 1 saturated heterocycles. The van der Waals surface area contributed by atoms with Gasteiger partial charge in [0.1, 0.15) is 0 Å². The topological polar surface area (TPSA) is 50.8 Å². The summed E-state index contributed by atoms with van der Waals surface area (Å²) in [6, 6.07) is 7.73. The zero-order valence-electron chi connectivity index (χ0n) is 16.4. The number of likely N-dealkylation sites (tertiary alicyclic amines) is 1. The highest BCUT2D eigenvalue weighted by atomic mass is 35.5. The minimum Gasteiger partial charge on any atom is -0.493 e. The van der Waals surface area contributed by atoms with Crippen LogP contribution < -0.4 is 14.8 Å². The van der Waals surface area contributed by atoms with Crippen LogP contribution in [0.15, 0.2) is 29.6 Å². The van der Waals surface area contributed by atoms with E-state index in [0.717, 1.165) is 19.5 Å². The summed E-state index contributed by atoms with van der Waals surface area (Å²) < 4.78 is 11.0. The number of halogens is 1. The first-order valence-corrected chi connectivity index (χ1v) is 11.0. The predicted molar refractivity (Wildman–Crippen MR) is 114 cm³/mol. The van der Waals surface area contributed by atoms with Gasteiger partial charge in [0.15, 0.2) is 11.5 Å². The summed E-state index contributed by atoms with van der Waals surface area (Å²) in [6.45, 7) is 5.27. The van der Waals surface area contributed by atoms with Crippen LogP contribution in [0.1, 0.15) is 47.5 Å². The standard InChI is InChI=1S/C21H27ClN2O3S/c1-3-10-27-20-16(22)12-15(13-18(20)26-2)21(25)23-14-17(19-7-6-11-28-19)24-8-4-5-9-24/h6-7,11-13,17H,3-5,8-10,14H2,1-2H3,(H,23,25). The van der Waals surface area contributed by atoms with E-state index in [0.29, 0.717) is 35.2 Å². The van der Waals surface area contributed by atoms with Crippen LogP contribution in [0.4, 0.5) is 0 Å². The number of ether oxygens (including phenoxy) is 2. The minimum atomic E-state index is -0.164. The normalized spacial score (nSPS) is 15.4. The molecule has 0 bridgehead atoms. The quantitative estimate of drug-likeness (QED) is 0.632. The number of thiophene rings is 1. The third-order valence-corrected chi connectivity index (χ3v) is 6.11. The lowest BCUT2D eigenvalue weighted by Crippen LogP contribution is -2.36. The maximum Gasteiger partial charge on any atom is 0.251 e. The summed E-state index contributed by atoms with van der Waals surface area (Å²) in [5.41, 5.74) is 0.469. The Morgan fingerprint density at radius 2 is 2.14 bits per heavy atom. The Balaban J connectivity index is 1.72. The fourth-order valence-corrected chi connectivity index (χ4v) is 4.56. The molecule has 0 spiro atoms. The number of nitrogens with zero attached hydrogens (tertiary/aromatic N) is 1. The number of rotatable bonds is 9. The van der Waals surface area contributed by atoms with E-state index in [1.807, 2.05) is 6.92 Å². The van der Waals surface area contributed by atoms with Gasteiger partial charge in [-0.1, -0.05) is 24.6 Å². The molecule has 1 aliphatic rings. The van der Waals surface area contributed by atoms with Crippen LogP contribution >= 0.6 is 22.9 Å². The smallest absolute Gasteiger partial charge is 0.251 e. The molecule has 1 N–H and O–H groups in total. The summed E-state index contributed by atoms with van der Waals surface area (Å²) in [5, 5.41) is 5.54. The molecule has 1 fully saturated rings. The van der Waals surface area contributed by atoms with Crippen molar-refractivity contribution in [3.05, 3.63) is 45.1 Å². The molecular formula is C21H27ClN2O3S. The number of nitrogens with one attached hydrogen (secondary N) is 1. The summed E-state index contributed by atoms with van der Waals surface area (Å²) in [6.07, 6.45) is 3.28.